The highest BCUT2D eigenvalue weighted by Crippen LogP contribution is 2.32. The van der Waals surface area contributed by atoms with E-state index in [0.717, 1.165) is 35.3 Å². The van der Waals surface area contributed by atoms with Crippen LogP contribution in [0.25, 0.3) is 11.1 Å². The predicted octanol–water partition coefficient (Wildman–Crippen LogP) is 3.89. The van der Waals surface area contributed by atoms with Gasteiger partial charge in [0.1, 0.15) is 5.75 Å². The fourth-order valence-corrected chi connectivity index (χ4v) is 5.79. The Labute approximate surface area is 203 Å². The van der Waals surface area contributed by atoms with Crippen LogP contribution in [-0.2, 0) is 16.4 Å². The summed E-state index contributed by atoms with van der Waals surface area (Å²) in [5.74, 6) is 0.881. The van der Waals surface area contributed by atoms with Gasteiger partial charge in [-0.1, -0.05) is 42.5 Å². The largest absolute Gasteiger partial charge is 0.493 e. The van der Waals surface area contributed by atoms with Crippen LogP contribution in [0.2, 0.25) is 0 Å². The van der Waals surface area contributed by atoms with Crippen molar-refractivity contribution >= 4 is 16.1 Å². The minimum Gasteiger partial charge on any atom is -0.493 e. The Kier molecular flexibility index (Phi) is 7.78. The molecule has 8 heteroatoms. The van der Waals surface area contributed by atoms with Crippen molar-refractivity contribution in [3.8, 4) is 16.9 Å². The number of ether oxygens (including phenoxy) is 1. The lowest BCUT2D eigenvalue weighted by atomic mass is 9.96. The minimum absolute atomic E-state index is 0.0130. The zero-order chi connectivity index (χ0) is 24.1. The van der Waals surface area contributed by atoms with Gasteiger partial charge in [-0.05, 0) is 56.7 Å². The third kappa shape index (κ3) is 5.55. The van der Waals surface area contributed by atoms with Gasteiger partial charge in [0.05, 0.1) is 18.4 Å². The van der Waals surface area contributed by atoms with Crippen molar-refractivity contribution in [3.63, 3.8) is 0 Å². The molecule has 0 aliphatic carbocycles. The first-order valence-electron chi connectivity index (χ1n) is 12.3. The summed E-state index contributed by atoms with van der Waals surface area (Å²) in [5.41, 5.74) is 3.16. The zero-order valence-electron chi connectivity index (χ0n) is 20.1. The van der Waals surface area contributed by atoms with Crippen LogP contribution in [0, 0.1) is 0 Å². The molecule has 2 aromatic rings. The topological polar surface area (TPSA) is 79.0 Å². The highest BCUT2D eigenvalue weighted by atomic mass is 32.2. The number of fused-ring (bicyclic) bond motifs is 5. The van der Waals surface area contributed by atoms with E-state index in [4.69, 9.17) is 4.74 Å². The van der Waals surface area contributed by atoms with Crippen molar-refractivity contribution in [1.29, 1.82) is 0 Å². The molecule has 2 bridgehead atoms. The second kappa shape index (κ2) is 10.8. The molecule has 1 saturated heterocycles. The van der Waals surface area contributed by atoms with Gasteiger partial charge >= 0.3 is 6.03 Å². The molecule has 2 amide bonds. The fraction of sp³-hybridized carbons (Fsp3) is 0.500. The van der Waals surface area contributed by atoms with Crippen LogP contribution < -0.4 is 9.46 Å². The van der Waals surface area contributed by atoms with Crippen molar-refractivity contribution in [2.75, 3.05) is 32.0 Å². The second-order valence-electron chi connectivity index (χ2n) is 9.00. The minimum atomic E-state index is -3.38. The Morgan fingerprint density at radius 2 is 1.88 bits per heavy atom. The second-order valence-corrected chi connectivity index (χ2v) is 11.0. The van der Waals surface area contributed by atoms with Crippen LogP contribution in [0.15, 0.2) is 48.5 Å². The van der Waals surface area contributed by atoms with Crippen LogP contribution in [0.3, 0.4) is 0 Å². The molecule has 184 valence electrons. The van der Waals surface area contributed by atoms with Gasteiger partial charge < -0.3 is 14.5 Å². The van der Waals surface area contributed by atoms with Gasteiger partial charge in [0.2, 0.25) is 10.0 Å². The molecule has 34 heavy (non-hydrogen) atoms. The first-order chi connectivity index (χ1) is 16.4. The van der Waals surface area contributed by atoms with E-state index in [9.17, 15) is 13.2 Å². The number of urea groups is 1. The average Bonchev–Trinajstić information content (AvgIpc) is 3.22. The maximum Gasteiger partial charge on any atom is 0.320 e. The number of para-hydroxylation sites is 1. The standard InChI is InChI=1S/C26H35N3O4S/c1-3-28-15-7-8-17-33-25-13-6-5-12-22(25)21-11-9-10-20(18-21)19-24-23(27-34(31,32)4-2)14-16-29(24)26(28)30/h5-6,9-13,18,23-24,27H,3-4,7-8,14-17,19H2,1-2H3. The summed E-state index contributed by atoms with van der Waals surface area (Å²) in [5, 5.41) is 0. The molecule has 2 atom stereocenters. The maximum atomic E-state index is 13.5. The van der Waals surface area contributed by atoms with Crippen molar-refractivity contribution in [1.82, 2.24) is 14.5 Å². The molecule has 7 nitrogen and oxygen atoms in total. The molecule has 2 unspecified atom stereocenters. The van der Waals surface area contributed by atoms with E-state index >= 15 is 0 Å². The number of sulfonamides is 1. The highest BCUT2D eigenvalue weighted by Gasteiger charge is 2.40. The molecule has 2 aliphatic heterocycles. The molecular weight excluding hydrogens is 450 g/mol. The van der Waals surface area contributed by atoms with Gasteiger partial charge in [0.15, 0.2) is 0 Å². The molecule has 0 aromatic heterocycles. The van der Waals surface area contributed by atoms with E-state index < -0.39 is 10.0 Å². The van der Waals surface area contributed by atoms with Crippen LogP contribution >= 0.6 is 0 Å². The molecular formula is C26H35N3O4S. The smallest absolute Gasteiger partial charge is 0.320 e. The molecule has 1 fully saturated rings. The number of nitrogens with zero attached hydrogens (tertiary/aromatic N) is 2. The average molecular weight is 486 g/mol. The van der Waals surface area contributed by atoms with Gasteiger partial charge in [-0.25, -0.2) is 17.9 Å². The number of rotatable bonds is 4. The number of hydrogen-bond acceptors (Lipinski definition) is 4. The van der Waals surface area contributed by atoms with Gasteiger partial charge in [-0.2, -0.15) is 0 Å². The number of carbonyl (C=O) groups is 1. The lowest BCUT2D eigenvalue weighted by molar-refractivity contribution is 0.146. The molecule has 0 saturated carbocycles. The Balaban J connectivity index is 1.72. The number of carbonyl (C=O) groups excluding carboxylic acids is 1. The number of benzene rings is 2. The molecule has 2 aromatic carbocycles. The third-order valence-electron chi connectivity index (χ3n) is 6.80. The van der Waals surface area contributed by atoms with Crippen LogP contribution in [0.1, 0.15) is 38.7 Å². The van der Waals surface area contributed by atoms with Gasteiger partial charge in [-0.3, -0.25) is 0 Å². The highest BCUT2D eigenvalue weighted by molar-refractivity contribution is 7.89. The van der Waals surface area contributed by atoms with Gasteiger partial charge in [0, 0.05) is 31.2 Å². The Hall–Kier alpha value is -2.58. The van der Waals surface area contributed by atoms with Crippen LogP contribution in [-0.4, -0.2) is 68.3 Å². The summed E-state index contributed by atoms with van der Waals surface area (Å²) in [7, 11) is -3.38. The van der Waals surface area contributed by atoms with E-state index in [1.807, 2.05) is 41.0 Å². The van der Waals surface area contributed by atoms with Crippen molar-refractivity contribution in [2.24, 2.45) is 0 Å². The van der Waals surface area contributed by atoms with Crippen molar-refractivity contribution in [3.05, 3.63) is 54.1 Å². The summed E-state index contributed by atoms with van der Waals surface area (Å²) in [4.78, 5) is 17.3. The van der Waals surface area contributed by atoms with Crippen molar-refractivity contribution < 1.29 is 17.9 Å². The number of hydrogen-bond donors (Lipinski definition) is 1. The molecule has 2 aliphatic rings. The Bertz CT molecular complexity index is 1100. The van der Waals surface area contributed by atoms with Gasteiger partial charge in [0.25, 0.3) is 0 Å². The summed E-state index contributed by atoms with van der Waals surface area (Å²) in [6.45, 7) is 6.04. The maximum absolute atomic E-state index is 13.5. The summed E-state index contributed by atoms with van der Waals surface area (Å²) in [6.07, 6.45) is 2.89. The Morgan fingerprint density at radius 3 is 2.68 bits per heavy atom. The summed E-state index contributed by atoms with van der Waals surface area (Å²) in [6, 6.07) is 15.8. The summed E-state index contributed by atoms with van der Waals surface area (Å²) >= 11 is 0. The van der Waals surface area contributed by atoms with E-state index in [0.29, 0.717) is 39.1 Å². The van der Waals surface area contributed by atoms with E-state index in [1.165, 1.54) is 0 Å². The number of amides is 2. The molecule has 1 N–H and O–H groups in total. The molecule has 4 rings (SSSR count). The van der Waals surface area contributed by atoms with Crippen LogP contribution in [0.5, 0.6) is 5.75 Å². The fourth-order valence-electron chi connectivity index (χ4n) is 4.89. The molecule has 0 spiro atoms. The first kappa shape index (κ1) is 24.5. The number of nitrogens with one attached hydrogen (secondary N) is 1. The Morgan fingerprint density at radius 1 is 1.06 bits per heavy atom. The molecule has 2 heterocycles. The zero-order valence-corrected chi connectivity index (χ0v) is 20.9. The lowest BCUT2D eigenvalue weighted by Gasteiger charge is -2.33. The van der Waals surface area contributed by atoms with Crippen molar-refractivity contribution in [2.45, 2.75) is 51.6 Å². The monoisotopic (exact) mass is 485 g/mol. The van der Waals surface area contributed by atoms with E-state index in [1.54, 1.807) is 6.92 Å². The third-order valence-corrected chi connectivity index (χ3v) is 8.23. The van der Waals surface area contributed by atoms with Crippen LogP contribution in [0.4, 0.5) is 4.79 Å². The first-order valence-corrected chi connectivity index (χ1v) is 13.9. The SMILES string of the molecule is CCN1CCCCOc2ccccc2-c2cccc(c2)CC2C(NS(=O)(=O)CC)CCN2C1=O. The lowest BCUT2D eigenvalue weighted by Crippen LogP contribution is -2.51. The van der Waals surface area contributed by atoms with E-state index in [-0.39, 0.29) is 23.9 Å². The van der Waals surface area contributed by atoms with E-state index in [2.05, 4.69) is 29.0 Å². The van der Waals surface area contributed by atoms with Gasteiger partial charge in [-0.15, -0.1) is 0 Å². The normalized spacial score (nSPS) is 21.8. The summed E-state index contributed by atoms with van der Waals surface area (Å²) < 4.78 is 33.8. The predicted molar refractivity (Wildman–Crippen MR) is 134 cm³/mol. The molecule has 0 radical (unpaired) electrons. The quantitative estimate of drug-likeness (QED) is 0.713.